The standard InChI is InChI=1S/C19H17FN2O2S/c1-2-22-18(23)17(21-19(22)25)11-13-6-8-16(9-7-13)24-12-14-4-3-5-15(20)10-14/h3-11H,2,12H2,1H3,(H,21,25). The average Bonchev–Trinajstić information content (AvgIpc) is 2.87. The van der Waals surface area contributed by atoms with Crippen molar-refractivity contribution in [3.8, 4) is 5.75 Å². The van der Waals surface area contributed by atoms with Crippen molar-refractivity contribution in [2.45, 2.75) is 13.5 Å². The minimum Gasteiger partial charge on any atom is -0.489 e. The normalized spacial score (nSPS) is 15.6. The van der Waals surface area contributed by atoms with Gasteiger partial charge in [-0.2, -0.15) is 0 Å². The molecule has 128 valence electrons. The number of carbonyl (C=O) groups excluding carboxylic acids is 1. The van der Waals surface area contributed by atoms with Crippen LogP contribution < -0.4 is 10.1 Å². The number of thiocarbonyl (C=S) groups is 1. The average molecular weight is 356 g/mol. The predicted octanol–water partition coefficient (Wildman–Crippen LogP) is 3.48. The fourth-order valence-electron chi connectivity index (χ4n) is 2.48. The molecule has 0 radical (unpaired) electrons. The number of halogens is 1. The Morgan fingerprint density at radius 1 is 1.24 bits per heavy atom. The van der Waals surface area contributed by atoms with Crippen LogP contribution in [0.25, 0.3) is 6.08 Å². The highest BCUT2D eigenvalue weighted by molar-refractivity contribution is 7.80. The van der Waals surface area contributed by atoms with Crippen LogP contribution in [-0.4, -0.2) is 22.5 Å². The molecule has 0 bridgehead atoms. The Morgan fingerprint density at radius 2 is 2.00 bits per heavy atom. The largest absolute Gasteiger partial charge is 0.489 e. The van der Waals surface area contributed by atoms with Gasteiger partial charge in [0.2, 0.25) is 0 Å². The number of hydrogen-bond acceptors (Lipinski definition) is 3. The van der Waals surface area contributed by atoms with E-state index in [4.69, 9.17) is 17.0 Å². The predicted molar refractivity (Wildman–Crippen MR) is 98.3 cm³/mol. The van der Waals surface area contributed by atoms with E-state index < -0.39 is 0 Å². The number of rotatable bonds is 5. The van der Waals surface area contributed by atoms with Crippen molar-refractivity contribution in [1.82, 2.24) is 10.2 Å². The van der Waals surface area contributed by atoms with Crippen LogP contribution in [0.4, 0.5) is 4.39 Å². The van der Waals surface area contributed by atoms with Crippen LogP contribution in [0.2, 0.25) is 0 Å². The van der Waals surface area contributed by atoms with Crippen LogP contribution in [0.15, 0.2) is 54.2 Å². The number of nitrogens with one attached hydrogen (secondary N) is 1. The highest BCUT2D eigenvalue weighted by Gasteiger charge is 2.28. The number of carbonyl (C=O) groups is 1. The molecule has 0 saturated carbocycles. The first-order valence-corrected chi connectivity index (χ1v) is 8.29. The summed E-state index contributed by atoms with van der Waals surface area (Å²) in [5, 5.41) is 3.35. The van der Waals surface area contributed by atoms with Gasteiger partial charge in [-0.15, -0.1) is 0 Å². The van der Waals surface area contributed by atoms with E-state index in [1.165, 1.54) is 17.0 Å². The molecule has 6 heteroatoms. The molecule has 1 heterocycles. The van der Waals surface area contributed by atoms with Gasteiger partial charge >= 0.3 is 0 Å². The van der Waals surface area contributed by atoms with Crippen LogP contribution in [0.5, 0.6) is 5.75 Å². The van der Waals surface area contributed by atoms with Gasteiger partial charge in [-0.1, -0.05) is 24.3 Å². The molecule has 1 aliphatic heterocycles. The van der Waals surface area contributed by atoms with Gasteiger partial charge in [0, 0.05) is 6.54 Å². The molecule has 1 aliphatic rings. The Hall–Kier alpha value is -2.73. The van der Waals surface area contributed by atoms with E-state index in [1.807, 2.05) is 25.1 Å². The summed E-state index contributed by atoms with van der Waals surface area (Å²) in [5.74, 6) is 0.262. The Balaban J connectivity index is 1.65. The van der Waals surface area contributed by atoms with Crippen LogP contribution in [0, 0.1) is 5.82 Å². The van der Waals surface area contributed by atoms with E-state index in [-0.39, 0.29) is 18.3 Å². The maximum atomic E-state index is 13.1. The molecular formula is C19H17FN2O2S. The fraction of sp³-hybridized carbons (Fsp3) is 0.158. The molecule has 1 amide bonds. The van der Waals surface area contributed by atoms with Gasteiger partial charge in [0.25, 0.3) is 5.91 Å². The summed E-state index contributed by atoms with van der Waals surface area (Å²) in [6, 6.07) is 13.6. The number of amides is 1. The minimum absolute atomic E-state index is 0.126. The summed E-state index contributed by atoms with van der Waals surface area (Å²) in [7, 11) is 0. The number of benzene rings is 2. The topological polar surface area (TPSA) is 41.6 Å². The maximum Gasteiger partial charge on any atom is 0.276 e. The summed E-state index contributed by atoms with van der Waals surface area (Å²) in [6.45, 7) is 2.70. The quantitative estimate of drug-likeness (QED) is 0.658. The molecule has 0 unspecified atom stereocenters. The SMILES string of the molecule is CCN1C(=O)C(=Cc2ccc(OCc3cccc(F)c3)cc2)NC1=S. The lowest BCUT2D eigenvalue weighted by molar-refractivity contribution is -0.122. The summed E-state index contributed by atoms with van der Waals surface area (Å²) < 4.78 is 18.8. The highest BCUT2D eigenvalue weighted by Crippen LogP contribution is 2.18. The van der Waals surface area contributed by atoms with E-state index in [0.717, 1.165) is 11.1 Å². The highest BCUT2D eigenvalue weighted by atomic mass is 32.1. The van der Waals surface area contributed by atoms with Gasteiger partial charge in [0.1, 0.15) is 23.9 Å². The Bertz CT molecular complexity index is 834. The molecule has 0 atom stereocenters. The van der Waals surface area contributed by atoms with Gasteiger partial charge < -0.3 is 10.1 Å². The third-order valence-electron chi connectivity index (χ3n) is 3.76. The summed E-state index contributed by atoms with van der Waals surface area (Å²) >= 11 is 5.13. The number of ether oxygens (including phenoxy) is 1. The van der Waals surface area contributed by atoms with E-state index in [1.54, 1.807) is 24.3 Å². The van der Waals surface area contributed by atoms with Crippen LogP contribution in [-0.2, 0) is 11.4 Å². The van der Waals surface area contributed by atoms with Crippen molar-refractivity contribution >= 4 is 29.3 Å². The van der Waals surface area contributed by atoms with Crippen molar-refractivity contribution in [1.29, 1.82) is 0 Å². The van der Waals surface area contributed by atoms with E-state index >= 15 is 0 Å². The number of hydrogen-bond donors (Lipinski definition) is 1. The van der Waals surface area contributed by atoms with Gasteiger partial charge in [-0.3, -0.25) is 9.69 Å². The number of nitrogens with zero attached hydrogens (tertiary/aromatic N) is 1. The molecule has 1 saturated heterocycles. The molecule has 4 nitrogen and oxygen atoms in total. The molecule has 25 heavy (non-hydrogen) atoms. The van der Waals surface area contributed by atoms with E-state index in [2.05, 4.69) is 5.32 Å². The Kier molecular flexibility index (Phi) is 5.09. The van der Waals surface area contributed by atoms with Gasteiger partial charge in [0.05, 0.1) is 0 Å². The molecule has 0 aliphatic carbocycles. The van der Waals surface area contributed by atoms with Crippen LogP contribution >= 0.6 is 12.2 Å². The van der Waals surface area contributed by atoms with Crippen LogP contribution in [0.1, 0.15) is 18.1 Å². The lowest BCUT2D eigenvalue weighted by atomic mass is 10.2. The molecule has 1 fully saturated rings. The molecule has 0 spiro atoms. The molecule has 2 aromatic rings. The second-order valence-corrected chi connectivity index (χ2v) is 5.91. The molecule has 1 N–H and O–H groups in total. The Morgan fingerprint density at radius 3 is 2.64 bits per heavy atom. The first kappa shape index (κ1) is 17.1. The molecular weight excluding hydrogens is 339 g/mol. The van der Waals surface area contributed by atoms with Crippen LogP contribution in [0.3, 0.4) is 0 Å². The van der Waals surface area contributed by atoms with Crippen molar-refractivity contribution in [2.24, 2.45) is 0 Å². The monoisotopic (exact) mass is 356 g/mol. The third-order valence-corrected chi connectivity index (χ3v) is 4.09. The molecule has 2 aromatic carbocycles. The maximum absolute atomic E-state index is 13.1. The van der Waals surface area contributed by atoms with Crippen molar-refractivity contribution < 1.29 is 13.9 Å². The smallest absolute Gasteiger partial charge is 0.276 e. The first-order chi connectivity index (χ1) is 12.1. The van der Waals surface area contributed by atoms with Gasteiger partial charge in [0.15, 0.2) is 5.11 Å². The van der Waals surface area contributed by atoms with E-state index in [0.29, 0.717) is 23.1 Å². The van der Waals surface area contributed by atoms with Crippen molar-refractivity contribution in [3.05, 3.63) is 71.2 Å². The third kappa shape index (κ3) is 4.03. The fourth-order valence-corrected chi connectivity index (χ4v) is 2.80. The van der Waals surface area contributed by atoms with Gasteiger partial charge in [-0.25, -0.2) is 4.39 Å². The van der Waals surface area contributed by atoms with Crippen molar-refractivity contribution in [3.63, 3.8) is 0 Å². The van der Waals surface area contributed by atoms with Crippen molar-refractivity contribution in [2.75, 3.05) is 6.54 Å². The molecule has 3 rings (SSSR count). The summed E-state index contributed by atoms with van der Waals surface area (Å²) in [5.41, 5.74) is 2.08. The second kappa shape index (κ2) is 7.44. The zero-order valence-electron chi connectivity index (χ0n) is 13.7. The minimum atomic E-state index is -0.282. The lowest BCUT2D eigenvalue weighted by Crippen LogP contribution is -2.30. The summed E-state index contributed by atoms with van der Waals surface area (Å²) in [4.78, 5) is 13.7. The molecule has 0 aromatic heterocycles. The lowest BCUT2D eigenvalue weighted by Gasteiger charge is -2.09. The Labute approximate surface area is 150 Å². The first-order valence-electron chi connectivity index (χ1n) is 7.88. The zero-order chi connectivity index (χ0) is 17.8. The zero-order valence-corrected chi connectivity index (χ0v) is 14.5. The summed E-state index contributed by atoms with van der Waals surface area (Å²) in [6.07, 6.45) is 1.75. The van der Waals surface area contributed by atoms with E-state index in [9.17, 15) is 9.18 Å². The number of likely N-dealkylation sites (N-methyl/N-ethyl adjacent to an activating group) is 1. The van der Waals surface area contributed by atoms with Gasteiger partial charge in [-0.05, 0) is 60.6 Å². The second-order valence-electron chi connectivity index (χ2n) is 5.53.